The molecule has 1 aliphatic carbocycles. The molecule has 0 spiro atoms. The summed E-state index contributed by atoms with van der Waals surface area (Å²) < 4.78 is 11.4. The Morgan fingerprint density at radius 1 is 1.26 bits per heavy atom. The Bertz CT molecular complexity index is 1090. The third-order valence-corrected chi connectivity index (χ3v) is 5.73. The predicted octanol–water partition coefficient (Wildman–Crippen LogP) is 6.04. The van der Waals surface area contributed by atoms with Gasteiger partial charge in [-0.05, 0) is 69.0 Å². The van der Waals surface area contributed by atoms with Gasteiger partial charge in [0.25, 0.3) is 0 Å². The highest BCUT2D eigenvalue weighted by atomic mass is 16.5. The Kier molecular flexibility index (Phi) is 6.39. The van der Waals surface area contributed by atoms with Crippen molar-refractivity contribution >= 4 is 0 Å². The molecule has 5 nitrogen and oxygen atoms in total. The molecule has 4 rings (SSSR count). The number of nitrogens with zero attached hydrogens (tertiary/aromatic N) is 2. The highest BCUT2D eigenvalue weighted by Gasteiger charge is 2.25. The van der Waals surface area contributed by atoms with Crippen molar-refractivity contribution in [2.45, 2.75) is 58.6 Å². The molecule has 3 aromatic rings. The Morgan fingerprint density at radius 3 is 2.90 bits per heavy atom. The Morgan fingerprint density at radius 2 is 2.13 bits per heavy atom. The molecule has 1 atom stereocenters. The summed E-state index contributed by atoms with van der Waals surface area (Å²) in [6.45, 7) is 7.16. The number of nitrogens with one attached hydrogen (secondary N) is 1. The predicted molar refractivity (Wildman–Crippen MR) is 122 cm³/mol. The number of unbranched alkanes of at least 4 members (excludes halogenated alkanes) is 1. The van der Waals surface area contributed by atoms with E-state index in [1.54, 1.807) is 6.07 Å². The third-order valence-electron chi connectivity index (χ3n) is 5.73. The zero-order chi connectivity index (χ0) is 21.8. The first-order valence-corrected chi connectivity index (χ1v) is 11.1. The van der Waals surface area contributed by atoms with Gasteiger partial charge in [0.1, 0.15) is 17.5 Å². The average molecular weight is 416 g/mol. The van der Waals surface area contributed by atoms with Gasteiger partial charge < -0.3 is 14.6 Å². The van der Waals surface area contributed by atoms with Crippen LogP contribution in [0.25, 0.3) is 22.6 Å². The van der Waals surface area contributed by atoms with Crippen LogP contribution in [0.3, 0.4) is 0 Å². The van der Waals surface area contributed by atoms with Crippen molar-refractivity contribution in [3.8, 4) is 34.4 Å². The van der Waals surface area contributed by atoms with Gasteiger partial charge in [0.2, 0.25) is 0 Å². The average Bonchev–Trinajstić information content (AvgIpc) is 3.41. The van der Waals surface area contributed by atoms with E-state index in [2.05, 4.69) is 41.7 Å². The Balaban J connectivity index is 1.60. The second-order valence-electron chi connectivity index (χ2n) is 8.34. The van der Waals surface area contributed by atoms with E-state index < -0.39 is 0 Å². The number of hydrogen-bond donors (Lipinski definition) is 1. The number of nitriles is 1. The first-order chi connectivity index (χ1) is 15.1. The smallest absolute Gasteiger partial charge is 0.167 e. The molecule has 1 unspecified atom stereocenters. The summed E-state index contributed by atoms with van der Waals surface area (Å²) in [6.07, 6.45) is 4.56. The number of ether oxygens (including phenoxy) is 1. The lowest BCUT2D eigenvalue weighted by atomic mass is 9.99. The third kappa shape index (κ3) is 4.50. The lowest BCUT2D eigenvalue weighted by Gasteiger charge is -2.14. The van der Waals surface area contributed by atoms with Crippen molar-refractivity contribution in [2.75, 3.05) is 6.54 Å². The van der Waals surface area contributed by atoms with Gasteiger partial charge in [-0.2, -0.15) is 5.26 Å². The lowest BCUT2D eigenvalue weighted by molar-refractivity contribution is 0.242. The van der Waals surface area contributed by atoms with Gasteiger partial charge in [0, 0.05) is 23.2 Å². The number of rotatable bonds is 8. The van der Waals surface area contributed by atoms with Gasteiger partial charge in [0.15, 0.2) is 5.76 Å². The van der Waals surface area contributed by atoms with Crippen LogP contribution in [0.5, 0.6) is 5.75 Å². The van der Waals surface area contributed by atoms with Crippen molar-refractivity contribution in [3.63, 3.8) is 0 Å². The van der Waals surface area contributed by atoms with Crippen LogP contribution in [0, 0.1) is 11.3 Å². The maximum absolute atomic E-state index is 9.51. The van der Waals surface area contributed by atoms with Crippen molar-refractivity contribution in [1.82, 2.24) is 10.5 Å². The van der Waals surface area contributed by atoms with E-state index in [1.165, 1.54) is 24.0 Å². The maximum Gasteiger partial charge on any atom is 0.167 e. The van der Waals surface area contributed by atoms with E-state index in [-0.39, 0.29) is 6.10 Å². The topological polar surface area (TPSA) is 71.1 Å². The van der Waals surface area contributed by atoms with Crippen LogP contribution in [-0.2, 0) is 6.42 Å². The minimum atomic E-state index is 0.00953. The summed E-state index contributed by atoms with van der Waals surface area (Å²) in [4.78, 5) is 0. The molecule has 160 valence electrons. The fourth-order valence-electron chi connectivity index (χ4n) is 4.22. The highest BCUT2D eigenvalue weighted by molar-refractivity contribution is 5.72. The molecule has 2 aromatic carbocycles. The van der Waals surface area contributed by atoms with E-state index in [9.17, 15) is 5.26 Å². The van der Waals surface area contributed by atoms with E-state index >= 15 is 0 Å². The molecule has 1 N–H and O–H groups in total. The standard InChI is InChI=1S/C26H29N3O2/c1-4-5-13-28-23-11-10-20-21(23)7-6-8-22(20)24-15-26(31-29-24)18-9-12-25(30-17(2)3)19(14-18)16-27/h6-9,12,14-15,17,23,28H,4-5,10-11,13H2,1-3H3. The van der Waals surface area contributed by atoms with Crippen molar-refractivity contribution < 1.29 is 9.26 Å². The highest BCUT2D eigenvalue weighted by Crippen LogP contribution is 2.38. The van der Waals surface area contributed by atoms with Crippen LogP contribution in [0.4, 0.5) is 0 Å². The van der Waals surface area contributed by atoms with Crippen LogP contribution in [0.2, 0.25) is 0 Å². The van der Waals surface area contributed by atoms with Crippen LogP contribution in [0.15, 0.2) is 47.0 Å². The minimum absolute atomic E-state index is 0.00953. The number of fused-ring (bicyclic) bond motifs is 1. The molecule has 1 heterocycles. The molecule has 5 heteroatoms. The van der Waals surface area contributed by atoms with Crippen LogP contribution in [-0.4, -0.2) is 17.8 Å². The van der Waals surface area contributed by atoms with Gasteiger partial charge in [-0.1, -0.05) is 36.7 Å². The van der Waals surface area contributed by atoms with Gasteiger partial charge in [-0.25, -0.2) is 0 Å². The SMILES string of the molecule is CCCCNC1CCc2c(-c3cc(-c4ccc(OC(C)C)c(C#N)c4)on3)cccc21. The second kappa shape index (κ2) is 9.36. The molecule has 0 amide bonds. The van der Waals surface area contributed by atoms with E-state index in [4.69, 9.17) is 9.26 Å². The number of benzene rings is 2. The quantitative estimate of drug-likeness (QED) is 0.454. The summed E-state index contributed by atoms with van der Waals surface area (Å²) >= 11 is 0. The van der Waals surface area contributed by atoms with Gasteiger partial charge in [-0.15, -0.1) is 0 Å². The molecular weight excluding hydrogens is 386 g/mol. The van der Waals surface area contributed by atoms with Crippen molar-refractivity contribution in [3.05, 3.63) is 59.2 Å². The molecule has 0 bridgehead atoms. The molecule has 0 radical (unpaired) electrons. The lowest BCUT2D eigenvalue weighted by Crippen LogP contribution is -2.20. The molecular formula is C26H29N3O2. The molecule has 0 fully saturated rings. The molecule has 0 saturated heterocycles. The fraction of sp³-hybridized carbons (Fsp3) is 0.385. The summed E-state index contributed by atoms with van der Waals surface area (Å²) in [5.74, 6) is 1.24. The fourth-order valence-corrected chi connectivity index (χ4v) is 4.22. The molecule has 0 aliphatic heterocycles. The normalized spacial score (nSPS) is 15.1. The molecule has 1 aliphatic rings. The monoisotopic (exact) mass is 415 g/mol. The minimum Gasteiger partial charge on any atom is -0.490 e. The van der Waals surface area contributed by atoms with E-state index in [0.717, 1.165) is 36.2 Å². The molecule has 0 saturated carbocycles. The van der Waals surface area contributed by atoms with E-state index in [0.29, 0.717) is 23.1 Å². The first-order valence-electron chi connectivity index (χ1n) is 11.1. The Labute approximate surface area is 184 Å². The largest absolute Gasteiger partial charge is 0.490 e. The first kappa shape index (κ1) is 21.1. The Hall–Kier alpha value is -3.10. The molecule has 1 aromatic heterocycles. The summed E-state index contributed by atoms with van der Waals surface area (Å²) in [7, 11) is 0. The number of aromatic nitrogens is 1. The summed E-state index contributed by atoms with van der Waals surface area (Å²) in [6, 6.07) is 16.6. The number of hydrogen-bond acceptors (Lipinski definition) is 5. The van der Waals surface area contributed by atoms with Gasteiger partial charge >= 0.3 is 0 Å². The molecule has 31 heavy (non-hydrogen) atoms. The zero-order valence-electron chi connectivity index (χ0n) is 18.4. The summed E-state index contributed by atoms with van der Waals surface area (Å²) in [5.41, 5.74) is 6.01. The maximum atomic E-state index is 9.51. The van der Waals surface area contributed by atoms with Crippen LogP contribution < -0.4 is 10.1 Å². The summed E-state index contributed by atoms with van der Waals surface area (Å²) in [5, 5.41) is 17.6. The van der Waals surface area contributed by atoms with Crippen molar-refractivity contribution in [2.24, 2.45) is 0 Å². The van der Waals surface area contributed by atoms with Gasteiger partial charge in [-0.3, -0.25) is 0 Å². The second-order valence-corrected chi connectivity index (χ2v) is 8.34. The van der Waals surface area contributed by atoms with Crippen LogP contribution >= 0.6 is 0 Å². The van der Waals surface area contributed by atoms with Crippen molar-refractivity contribution in [1.29, 1.82) is 5.26 Å². The van der Waals surface area contributed by atoms with Crippen LogP contribution in [0.1, 0.15) is 62.8 Å². The van der Waals surface area contributed by atoms with Gasteiger partial charge in [0.05, 0.1) is 11.7 Å². The zero-order valence-corrected chi connectivity index (χ0v) is 18.4. The van der Waals surface area contributed by atoms with E-state index in [1.807, 2.05) is 32.0 Å².